The molecule has 0 aliphatic carbocycles. The number of aromatic nitrogens is 4. The second-order valence-corrected chi connectivity index (χ2v) is 5.18. The second-order valence-electron chi connectivity index (χ2n) is 5.18. The maximum Gasteiger partial charge on any atom is 0.222 e. The molecular weight excluding hydrogens is 294 g/mol. The summed E-state index contributed by atoms with van der Waals surface area (Å²) in [5.41, 5.74) is 2.08. The van der Waals surface area contributed by atoms with Crippen molar-refractivity contribution in [2.24, 2.45) is 0 Å². The van der Waals surface area contributed by atoms with Gasteiger partial charge in [0.1, 0.15) is 5.76 Å². The van der Waals surface area contributed by atoms with Gasteiger partial charge in [0.25, 0.3) is 0 Å². The Labute approximate surface area is 133 Å². The molecule has 2 aromatic heterocycles. The van der Waals surface area contributed by atoms with Gasteiger partial charge < -0.3 is 9.73 Å². The zero-order valence-corrected chi connectivity index (χ0v) is 12.8. The Balaban J connectivity index is 1.50. The fourth-order valence-electron chi connectivity index (χ4n) is 2.04. The molecule has 0 saturated heterocycles. The molecule has 7 heteroatoms. The van der Waals surface area contributed by atoms with Crippen LogP contribution in [-0.2, 0) is 17.9 Å². The standard InChI is InChI=1S/C16H17N5O2/c1-12-4-6-13(7-5-12)16-18-20-21(19-16)9-8-15(22)17-11-14-3-2-10-23-14/h2-7,10H,8-9,11H2,1H3,(H,17,22). The molecule has 118 valence electrons. The Morgan fingerprint density at radius 2 is 2.09 bits per heavy atom. The van der Waals surface area contributed by atoms with E-state index in [1.54, 1.807) is 12.3 Å². The number of aryl methyl sites for hydroxylation is 2. The summed E-state index contributed by atoms with van der Waals surface area (Å²) in [6.45, 7) is 2.78. The molecule has 0 aliphatic rings. The summed E-state index contributed by atoms with van der Waals surface area (Å²) in [6, 6.07) is 11.5. The normalized spacial score (nSPS) is 10.7. The van der Waals surface area contributed by atoms with Crippen molar-refractivity contribution in [2.45, 2.75) is 26.4 Å². The molecule has 0 atom stereocenters. The fourth-order valence-corrected chi connectivity index (χ4v) is 2.04. The number of furan rings is 1. The summed E-state index contributed by atoms with van der Waals surface area (Å²) in [7, 11) is 0. The van der Waals surface area contributed by atoms with Crippen molar-refractivity contribution in [3.8, 4) is 11.4 Å². The van der Waals surface area contributed by atoms with E-state index in [4.69, 9.17) is 4.42 Å². The average molecular weight is 311 g/mol. The van der Waals surface area contributed by atoms with Gasteiger partial charge in [-0.05, 0) is 24.3 Å². The number of carbonyl (C=O) groups is 1. The van der Waals surface area contributed by atoms with E-state index in [1.807, 2.05) is 37.3 Å². The van der Waals surface area contributed by atoms with Gasteiger partial charge in [-0.25, -0.2) is 0 Å². The molecule has 0 radical (unpaired) electrons. The summed E-state index contributed by atoms with van der Waals surface area (Å²) >= 11 is 0. The summed E-state index contributed by atoms with van der Waals surface area (Å²) in [5, 5.41) is 15.1. The van der Waals surface area contributed by atoms with Crippen LogP contribution in [0.15, 0.2) is 47.1 Å². The lowest BCUT2D eigenvalue weighted by molar-refractivity contribution is -0.121. The monoisotopic (exact) mass is 311 g/mol. The zero-order chi connectivity index (χ0) is 16.1. The van der Waals surface area contributed by atoms with E-state index in [9.17, 15) is 4.79 Å². The molecule has 0 bridgehead atoms. The highest BCUT2D eigenvalue weighted by atomic mass is 16.3. The van der Waals surface area contributed by atoms with Crippen LogP contribution in [0.5, 0.6) is 0 Å². The minimum Gasteiger partial charge on any atom is -0.467 e. The molecule has 0 spiro atoms. The molecule has 7 nitrogen and oxygen atoms in total. The highest BCUT2D eigenvalue weighted by Gasteiger charge is 2.08. The van der Waals surface area contributed by atoms with Crippen LogP contribution in [0.3, 0.4) is 0 Å². The molecule has 0 fully saturated rings. The average Bonchev–Trinajstić information content (AvgIpc) is 3.23. The molecule has 3 aromatic rings. The second kappa shape index (κ2) is 6.87. The van der Waals surface area contributed by atoms with Gasteiger partial charge in [0.2, 0.25) is 11.7 Å². The summed E-state index contributed by atoms with van der Waals surface area (Å²) in [6.07, 6.45) is 1.86. The van der Waals surface area contributed by atoms with Gasteiger partial charge in [-0.2, -0.15) is 4.80 Å². The predicted molar refractivity (Wildman–Crippen MR) is 83.2 cm³/mol. The highest BCUT2D eigenvalue weighted by molar-refractivity contribution is 5.75. The van der Waals surface area contributed by atoms with E-state index in [0.717, 1.165) is 11.3 Å². The van der Waals surface area contributed by atoms with Crippen LogP contribution in [0.25, 0.3) is 11.4 Å². The van der Waals surface area contributed by atoms with Crippen molar-refractivity contribution < 1.29 is 9.21 Å². The fraction of sp³-hybridized carbons (Fsp3) is 0.250. The lowest BCUT2D eigenvalue weighted by atomic mass is 10.1. The van der Waals surface area contributed by atoms with E-state index in [0.29, 0.717) is 18.9 Å². The molecule has 1 amide bonds. The van der Waals surface area contributed by atoms with Crippen LogP contribution < -0.4 is 5.32 Å². The third-order valence-electron chi connectivity index (χ3n) is 3.34. The lowest BCUT2D eigenvalue weighted by Crippen LogP contribution is -2.24. The quantitative estimate of drug-likeness (QED) is 0.752. The molecule has 23 heavy (non-hydrogen) atoms. The Morgan fingerprint density at radius 1 is 1.26 bits per heavy atom. The number of rotatable bonds is 6. The number of nitrogens with one attached hydrogen (secondary N) is 1. The van der Waals surface area contributed by atoms with E-state index >= 15 is 0 Å². The maximum absolute atomic E-state index is 11.8. The molecule has 1 aromatic carbocycles. The van der Waals surface area contributed by atoms with Crippen LogP contribution in [0, 0.1) is 6.92 Å². The van der Waals surface area contributed by atoms with Crippen molar-refractivity contribution in [1.82, 2.24) is 25.5 Å². The number of benzene rings is 1. The molecule has 1 N–H and O–H groups in total. The minimum absolute atomic E-state index is 0.0874. The van der Waals surface area contributed by atoms with Crippen LogP contribution >= 0.6 is 0 Å². The Bertz CT molecular complexity index is 762. The molecule has 0 unspecified atom stereocenters. The largest absolute Gasteiger partial charge is 0.467 e. The first-order valence-corrected chi connectivity index (χ1v) is 7.34. The smallest absolute Gasteiger partial charge is 0.222 e. The SMILES string of the molecule is Cc1ccc(-c2nnn(CCC(=O)NCc3ccco3)n2)cc1. The highest BCUT2D eigenvalue weighted by Crippen LogP contribution is 2.13. The maximum atomic E-state index is 11.8. The molecular formula is C16H17N5O2. The molecule has 2 heterocycles. The number of tetrazole rings is 1. The number of carbonyl (C=O) groups excluding carboxylic acids is 1. The summed E-state index contributed by atoms with van der Waals surface area (Å²) in [5.74, 6) is 1.19. The Morgan fingerprint density at radius 3 is 2.83 bits per heavy atom. The summed E-state index contributed by atoms with van der Waals surface area (Å²) in [4.78, 5) is 13.2. The van der Waals surface area contributed by atoms with Crippen molar-refractivity contribution in [2.75, 3.05) is 0 Å². The van der Waals surface area contributed by atoms with Gasteiger partial charge in [0, 0.05) is 12.0 Å². The van der Waals surface area contributed by atoms with Gasteiger partial charge in [-0.1, -0.05) is 29.8 Å². The van der Waals surface area contributed by atoms with Crippen molar-refractivity contribution in [3.05, 3.63) is 54.0 Å². The molecule has 0 saturated carbocycles. The topological polar surface area (TPSA) is 85.8 Å². The Hall–Kier alpha value is -2.96. The summed E-state index contributed by atoms with van der Waals surface area (Å²) < 4.78 is 5.15. The molecule has 0 aliphatic heterocycles. The zero-order valence-electron chi connectivity index (χ0n) is 12.8. The Kier molecular flexibility index (Phi) is 4.46. The van der Waals surface area contributed by atoms with Crippen molar-refractivity contribution in [1.29, 1.82) is 0 Å². The number of hydrogen-bond donors (Lipinski definition) is 1. The van der Waals surface area contributed by atoms with Crippen LogP contribution in [0.4, 0.5) is 0 Å². The van der Waals surface area contributed by atoms with Crippen LogP contribution in [0.1, 0.15) is 17.7 Å². The lowest BCUT2D eigenvalue weighted by Gasteiger charge is -2.02. The van der Waals surface area contributed by atoms with Crippen molar-refractivity contribution >= 4 is 5.91 Å². The van der Waals surface area contributed by atoms with E-state index in [-0.39, 0.29) is 12.3 Å². The predicted octanol–water partition coefficient (Wildman–Crippen LogP) is 1.95. The van der Waals surface area contributed by atoms with Crippen LogP contribution in [-0.4, -0.2) is 26.1 Å². The third-order valence-corrected chi connectivity index (χ3v) is 3.34. The first-order valence-electron chi connectivity index (χ1n) is 7.34. The number of nitrogens with zero attached hydrogens (tertiary/aromatic N) is 4. The van der Waals surface area contributed by atoms with E-state index < -0.39 is 0 Å². The first kappa shape index (κ1) is 15.0. The van der Waals surface area contributed by atoms with E-state index in [1.165, 1.54) is 10.4 Å². The van der Waals surface area contributed by atoms with Gasteiger partial charge in [0.05, 0.1) is 19.4 Å². The first-order chi connectivity index (χ1) is 11.2. The van der Waals surface area contributed by atoms with Gasteiger partial charge in [-0.15, -0.1) is 10.2 Å². The third kappa shape index (κ3) is 4.03. The van der Waals surface area contributed by atoms with Gasteiger partial charge in [0.15, 0.2) is 0 Å². The van der Waals surface area contributed by atoms with Crippen molar-refractivity contribution in [3.63, 3.8) is 0 Å². The van der Waals surface area contributed by atoms with Gasteiger partial charge in [-0.3, -0.25) is 4.79 Å². The van der Waals surface area contributed by atoms with Crippen LogP contribution in [0.2, 0.25) is 0 Å². The molecule has 3 rings (SSSR count). The minimum atomic E-state index is -0.0874. The van der Waals surface area contributed by atoms with Gasteiger partial charge >= 0.3 is 0 Å². The number of hydrogen-bond acceptors (Lipinski definition) is 5. The van der Waals surface area contributed by atoms with E-state index in [2.05, 4.69) is 20.7 Å². The number of amides is 1.